The van der Waals surface area contributed by atoms with Gasteiger partial charge in [0.1, 0.15) is 23.7 Å². The van der Waals surface area contributed by atoms with Crippen LogP contribution in [-0.4, -0.2) is 53.9 Å². The Bertz CT molecular complexity index is 2560. The van der Waals surface area contributed by atoms with Crippen molar-refractivity contribution < 1.29 is 43.2 Å². The van der Waals surface area contributed by atoms with Gasteiger partial charge >= 0.3 is 17.6 Å². The number of carbonyl (C=O) groups is 2. The van der Waals surface area contributed by atoms with E-state index in [1.807, 2.05) is 19.9 Å². The molecule has 4 heterocycles. The first kappa shape index (κ1) is 43.8. The number of aliphatic hydroxyl groups excluding tert-OH is 2. The number of fused-ring (bicyclic) bond motifs is 11. The molecule has 9 rings (SSSR count). The summed E-state index contributed by atoms with van der Waals surface area (Å²) in [5, 5.41) is 19.6. The molecule has 0 spiro atoms. The van der Waals surface area contributed by atoms with E-state index in [1.54, 1.807) is 32.0 Å². The quantitative estimate of drug-likeness (QED) is 0.0485. The van der Waals surface area contributed by atoms with Crippen molar-refractivity contribution in [3.8, 4) is 5.75 Å². The molecule has 10 nitrogen and oxygen atoms in total. The highest BCUT2D eigenvalue weighted by Gasteiger charge is 2.51. The van der Waals surface area contributed by atoms with Crippen LogP contribution < -0.4 is 10.4 Å². The van der Waals surface area contributed by atoms with Crippen LogP contribution in [0.1, 0.15) is 116 Å². The molecule has 4 aliphatic rings. The normalized spacial score (nSPS) is 22.6. The topological polar surface area (TPSA) is 142 Å². The lowest BCUT2D eigenvalue weighted by Gasteiger charge is -2.43. The molecule has 5 aromatic rings. The monoisotopic (exact) mass is 852 g/mol. The Morgan fingerprint density at radius 3 is 2.37 bits per heavy atom. The third kappa shape index (κ3) is 9.59. The lowest BCUT2D eigenvalue weighted by atomic mass is 9.72. The van der Waals surface area contributed by atoms with Crippen LogP contribution in [-0.2, 0) is 36.6 Å². The molecule has 6 atom stereocenters. The maximum atomic E-state index is 14.7. The molecule has 63 heavy (non-hydrogen) atoms. The highest BCUT2D eigenvalue weighted by atomic mass is 16.6. The average Bonchev–Trinajstić information content (AvgIpc) is 3.26. The number of hydrogen-bond acceptors (Lipinski definition) is 10. The number of allylic oxidation sites excluding steroid dienone is 3. The number of rotatable bonds is 9. The van der Waals surface area contributed by atoms with Crippen molar-refractivity contribution in [1.82, 2.24) is 0 Å². The summed E-state index contributed by atoms with van der Waals surface area (Å²) in [4.78, 5) is 42.9. The lowest BCUT2D eigenvalue weighted by molar-refractivity contribution is -0.188. The third-order valence-corrected chi connectivity index (χ3v) is 12.9. The number of carbonyl (C=O) groups excluding carboxylic acids is 2. The van der Waals surface area contributed by atoms with Gasteiger partial charge < -0.3 is 33.6 Å². The lowest BCUT2D eigenvalue weighted by Crippen LogP contribution is -2.52. The minimum absolute atomic E-state index is 0.0121. The molecular weight excluding hydrogens is 797 g/mol. The molecule has 3 aliphatic heterocycles. The fraction of sp³-hybridized carbons (Fsp3) is 0.377. The van der Waals surface area contributed by atoms with Crippen molar-refractivity contribution in [2.45, 2.75) is 102 Å². The second-order valence-electron chi connectivity index (χ2n) is 17.9. The van der Waals surface area contributed by atoms with Gasteiger partial charge in [0, 0.05) is 47.3 Å². The first-order chi connectivity index (χ1) is 30.4. The Balaban J connectivity index is 1.20. The van der Waals surface area contributed by atoms with Crippen molar-refractivity contribution in [2.75, 3.05) is 20.0 Å². The van der Waals surface area contributed by atoms with Gasteiger partial charge in [0.15, 0.2) is 12.2 Å². The van der Waals surface area contributed by atoms with Gasteiger partial charge in [-0.1, -0.05) is 96.6 Å². The Kier molecular flexibility index (Phi) is 13.1. The molecule has 0 fully saturated rings. The summed E-state index contributed by atoms with van der Waals surface area (Å²) in [5.74, 6) is -1.42. The Hall–Kier alpha value is -5.81. The van der Waals surface area contributed by atoms with Gasteiger partial charge in [0.2, 0.25) is 0 Å². The van der Waals surface area contributed by atoms with Crippen LogP contribution in [0.4, 0.5) is 0 Å². The highest BCUT2D eigenvalue weighted by molar-refractivity contribution is 5.90. The predicted octanol–water partition coefficient (Wildman–Crippen LogP) is 9.30. The van der Waals surface area contributed by atoms with E-state index >= 15 is 0 Å². The van der Waals surface area contributed by atoms with E-state index in [9.17, 15) is 24.6 Å². The largest absolute Gasteiger partial charge is 0.483 e. The van der Waals surface area contributed by atoms with E-state index in [4.69, 9.17) is 23.4 Å². The summed E-state index contributed by atoms with van der Waals surface area (Å²) in [6, 6.07) is 32.7. The Morgan fingerprint density at radius 1 is 0.841 bits per heavy atom. The molecule has 0 saturated carbocycles. The molecule has 1 aliphatic carbocycles. The Labute approximate surface area is 368 Å². The van der Waals surface area contributed by atoms with Crippen LogP contribution in [0.2, 0.25) is 0 Å². The summed E-state index contributed by atoms with van der Waals surface area (Å²) in [6.45, 7) is 6.57. The van der Waals surface area contributed by atoms with Gasteiger partial charge in [-0.25, -0.2) is 9.59 Å². The van der Waals surface area contributed by atoms with E-state index in [2.05, 4.69) is 84.9 Å². The number of aliphatic hydroxyl groups is 2. The molecule has 2 N–H and O–H groups in total. The van der Waals surface area contributed by atoms with Crippen molar-refractivity contribution in [2.24, 2.45) is 5.92 Å². The number of benzene rings is 4. The van der Waals surface area contributed by atoms with E-state index in [0.717, 1.165) is 23.1 Å². The molecule has 0 amide bonds. The summed E-state index contributed by atoms with van der Waals surface area (Å²) in [5.41, 5.74) is 5.96. The molecule has 4 aromatic carbocycles. The molecule has 0 radical (unpaired) electrons. The van der Waals surface area contributed by atoms with Crippen molar-refractivity contribution in [1.29, 1.82) is 0 Å². The van der Waals surface area contributed by atoms with Gasteiger partial charge in [0.05, 0.1) is 12.2 Å². The number of aryl methyl sites for hydroxylation is 1. The maximum Gasteiger partial charge on any atom is 0.339 e. The van der Waals surface area contributed by atoms with Crippen LogP contribution in [0.5, 0.6) is 5.75 Å². The standard InChI is InChI=1S/C53H56O10/c1-32(2)42-20-15-33-13-16-36(17-14-33)43-21-18-38(37-12-8-11-35(26-37)25-34-9-6-5-7-10-34)27-41(43)29-46(56)60-49-47-45(63-53(3,4)50(49)62-51(42)57)22-19-39-28-44(52(58)61-48(39)47)40(23-24-54)30-59-31-55/h5-14,16-19,21-22,26,28,38,40-41,43,49-50,54-55H,15,20,23-25,27,29-31H2,1-4H3/t38-,40-,41+,43+,49-,50+/m1/s1. The fourth-order valence-corrected chi connectivity index (χ4v) is 9.60. The van der Waals surface area contributed by atoms with Gasteiger partial charge in [0.25, 0.3) is 0 Å². The van der Waals surface area contributed by atoms with Crippen molar-refractivity contribution in [3.05, 3.63) is 170 Å². The van der Waals surface area contributed by atoms with E-state index in [0.29, 0.717) is 36.0 Å². The molecular formula is C53H56O10. The molecule has 1 aromatic heterocycles. The average molecular weight is 853 g/mol. The molecule has 2 bridgehead atoms. The first-order valence-corrected chi connectivity index (χ1v) is 22.0. The van der Waals surface area contributed by atoms with Gasteiger partial charge in [-0.3, -0.25) is 4.79 Å². The predicted molar refractivity (Wildman–Crippen MR) is 240 cm³/mol. The van der Waals surface area contributed by atoms with Crippen LogP contribution in [0.25, 0.3) is 11.0 Å². The minimum atomic E-state index is -1.21. The highest BCUT2D eigenvalue weighted by Crippen LogP contribution is 2.48. The molecule has 0 unspecified atom stereocenters. The Morgan fingerprint density at radius 2 is 1.62 bits per heavy atom. The van der Waals surface area contributed by atoms with E-state index < -0.39 is 48.1 Å². The van der Waals surface area contributed by atoms with Crippen LogP contribution in [0, 0.1) is 5.92 Å². The SMILES string of the molecule is CC(C)=C1CCc2ccc(cc2)[C@@H]2C=C[C@@H](c3cccc(Cc4ccccc4)c3)C[C@H]2CC(=O)O[C@@H]2c3c(ccc4cc([C@H](CCO)COCO)c(=O)oc34)OC(C)(C)[C@H]2OC1=O. The zero-order valence-electron chi connectivity index (χ0n) is 36.4. The van der Waals surface area contributed by atoms with Crippen LogP contribution in [0.3, 0.4) is 0 Å². The van der Waals surface area contributed by atoms with Gasteiger partial charge in [-0.05, 0) is 112 Å². The second-order valence-corrected chi connectivity index (χ2v) is 17.9. The fourth-order valence-electron chi connectivity index (χ4n) is 9.60. The second kappa shape index (κ2) is 18.9. The van der Waals surface area contributed by atoms with Crippen LogP contribution >= 0.6 is 0 Å². The summed E-state index contributed by atoms with van der Waals surface area (Å²) in [7, 11) is 0. The zero-order valence-corrected chi connectivity index (χ0v) is 36.4. The van der Waals surface area contributed by atoms with E-state index in [1.165, 1.54) is 16.7 Å². The minimum Gasteiger partial charge on any atom is -0.483 e. The first-order valence-electron chi connectivity index (χ1n) is 22.0. The molecule has 0 saturated heterocycles. The van der Waals surface area contributed by atoms with Crippen LogP contribution in [0.15, 0.2) is 130 Å². The maximum absolute atomic E-state index is 14.7. The molecule has 328 valence electrons. The summed E-state index contributed by atoms with van der Waals surface area (Å²) < 4.78 is 30.9. The number of ether oxygens (including phenoxy) is 4. The number of esters is 2. The summed E-state index contributed by atoms with van der Waals surface area (Å²) in [6.07, 6.45) is 4.99. The van der Waals surface area contributed by atoms with Gasteiger partial charge in [-0.15, -0.1) is 0 Å². The zero-order chi connectivity index (χ0) is 44.3. The van der Waals surface area contributed by atoms with Crippen molar-refractivity contribution in [3.63, 3.8) is 0 Å². The third-order valence-electron chi connectivity index (χ3n) is 12.9. The number of hydrogen-bond donors (Lipinski definition) is 2. The van der Waals surface area contributed by atoms with E-state index in [-0.39, 0.29) is 60.5 Å². The smallest absolute Gasteiger partial charge is 0.339 e. The molecule has 10 heteroatoms. The van der Waals surface area contributed by atoms with Gasteiger partial charge in [-0.2, -0.15) is 0 Å². The van der Waals surface area contributed by atoms with Crippen molar-refractivity contribution >= 4 is 22.9 Å². The summed E-state index contributed by atoms with van der Waals surface area (Å²) >= 11 is 0.